The van der Waals surface area contributed by atoms with Crippen LogP contribution in [0.5, 0.6) is 5.75 Å². The zero-order chi connectivity index (χ0) is 23.5. The third kappa shape index (κ3) is 4.74. The Kier molecular flexibility index (Phi) is 6.44. The van der Waals surface area contributed by atoms with Gasteiger partial charge in [-0.2, -0.15) is 0 Å². The van der Waals surface area contributed by atoms with Gasteiger partial charge in [-0.3, -0.25) is 4.79 Å². The lowest BCUT2D eigenvalue weighted by Gasteiger charge is -2.22. The summed E-state index contributed by atoms with van der Waals surface area (Å²) in [5.41, 5.74) is 4.51. The second-order valence-electron chi connectivity index (χ2n) is 8.43. The van der Waals surface area contributed by atoms with Gasteiger partial charge in [0, 0.05) is 54.6 Å². The molecule has 0 bridgehead atoms. The third-order valence-electron chi connectivity index (χ3n) is 5.75. The summed E-state index contributed by atoms with van der Waals surface area (Å²) in [6.07, 6.45) is 2.35. The van der Waals surface area contributed by atoms with Crippen molar-refractivity contribution in [2.24, 2.45) is 0 Å². The number of aromatic amines is 1. The minimum absolute atomic E-state index is 0.200. The summed E-state index contributed by atoms with van der Waals surface area (Å²) in [6.45, 7) is 1.25. The maximum atomic E-state index is 12.7. The summed E-state index contributed by atoms with van der Waals surface area (Å²) < 4.78 is 0. The molecular formula is C26H28N4O3. The van der Waals surface area contributed by atoms with Crippen molar-refractivity contribution < 1.29 is 15.0 Å². The maximum Gasteiger partial charge on any atom is 0.255 e. The number of aromatic hydroxyl groups is 1. The molecule has 33 heavy (non-hydrogen) atoms. The number of fused-ring (bicyclic) bond motifs is 1. The van der Waals surface area contributed by atoms with Crippen molar-refractivity contribution in [2.45, 2.75) is 6.10 Å². The number of likely N-dealkylation sites (N-methyl/N-ethyl adjacent to an activating group) is 2. The third-order valence-corrected chi connectivity index (χ3v) is 5.75. The van der Waals surface area contributed by atoms with Gasteiger partial charge in [0.25, 0.3) is 5.91 Å². The highest BCUT2D eigenvalue weighted by Gasteiger charge is 2.22. The number of amides is 1. The predicted octanol–water partition coefficient (Wildman–Crippen LogP) is 3.66. The molecule has 1 unspecified atom stereocenters. The molecule has 7 heteroatoms. The van der Waals surface area contributed by atoms with Crippen molar-refractivity contribution in [3.05, 3.63) is 72.6 Å². The number of H-pyrrole nitrogens is 1. The van der Waals surface area contributed by atoms with E-state index in [1.54, 1.807) is 36.3 Å². The van der Waals surface area contributed by atoms with Crippen LogP contribution in [-0.4, -0.2) is 70.1 Å². The molecule has 1 amide bonds. The van der Waals surface area contributed by atoms with Gasteiger partial charge < -0.3 is 25.0 Å². The molecule has 0 fully saturated rings. The van der Waals surface area contributed by atoms with Crippen LogP contribution >= 0.6 is 0 Å². The van der Waals surface area contributed by atoms with Crippen molar-refractivity contribution in [1.82, 2.24) is 19.8 Å². The fourth-order valence-electron chi connectivity index (χ4n) is 3.79. The van der Waals surface area contributed by atoms with Crippen molar-refractivity contribution in [3.63, 3.8) is 0 Å². The Balaban J connectivity index is 1.64. The van der Waals surface area contributed by atoms with Gasteiger partial charge in [-0.1, -0.05) is 36.4 Å². The van der Waals surface area contributed by atoms with Crippen molar-refractivity contribution in [3.8, 4) is 28.0 Å². The molecule has 7 nitrogen and oxygen atoms in total. The monoisotopic (exact) mass is 444 g/mol. The first kappa shape index (κ1) is 22.5. The quantitative estimate of drug-likeness (QED) is 0.405. The van der Waals surface area contributed by atoms with Crippen LogP contribution in [-0.2, 0) is 4.79 Å². The number of para-hydroxylation sites is 1. The molecule has 0 spiro atoms. The summed E-state index contributed by atoms with van der Waals surface area (Å²) in [5, 5.41) is 21.9. The van der Waals surface area contributed by atoms with E-state index in [9.17, 15) is 15.0 Å². The summed E-state index contributed by atoms with van der Waals surface area (Å²) in [6, 6.07) is 16.5. The summed E-state index contributed by atoms with van der Waals surface area (Å²) in [5.74, 6) is -0.138. The first-order chi connectivity index (χ1) is 15.8. The van der Waals surface area contributed by atoms with E-state index in [2.05, 4.69) is 9.97 Å². The lowest BCUT2D eigenvalue weighted by Crippen LogP contribution is -2.36. The van der Waals surface area contributed by atoms with Gasteiger partial charge in [-0.05, 0) is 43.4 Å². The molecule has 3 N–H and O–H groups in total. The number of pyridine rings is 1. The van der Waals surface area contributed by atoms with E-state index in [4.69, 9.17) is 0 Å². The van der Waals surface area contributed by atoms with E-state index >= 15 is 0 Å². The number of nitrogens with zero attached hydrogens (tertiary/aromatic N) is 3. The van der Waals surface area contributed by atoms with Gasteiger partial charge >= 0.3 is 0 Å². The van der Waals surface area contributed by atoms with Crippen LogP contribution in [0.15, 0.2) is 67.0 Å². The minimum Gasteiger partial charge on any atom is -0.507 e. The van der Waals surface area contributed by atoms with Crippen LogP contribution in [0.25, 0.3) is 33.3 Å². The van der Waals surface area contributed by atoms with Gasteiger partial charge in [-0.25, -0.2) is 4.98 Å². The van der Waals surface area contributed by atoms with Crippen LogP contribution in [0.3, 0.4) is 0 Å². The number of carbonyl (C=O) groups excluding carboxylic acids is 1. The normalized spacial score (nSPS) is 12.3. The lowest BCUT2D eigenvalue weighted by atomic mass is 9.99. The Morgan fingerprint density at radius 3 is 2.55 bits per heavy atom. The zero-order valence-electron chi connectivity index (χ0n) is 19.0. The van der Waals surface area contributed by atoms with Crippen LogP contribution in [0.4, 0.5) is 0 Å². The Bertz CT molecular complexity index is 1280. The number of hydrogen-bond acceptors (Lipinski definition) is 5. The van der Waals surface area contributed by atoms with Crippen LogP contribution in [0.2, 0.25) is 0 Å². The molecule has 0 saturated carbocycles. The number of rotatable bonds is 7. The molecule has 170 valence electrons. The Hall–Kier alpha value is -3.68. The number of aliphatic hydroxyl groups is 1. The summed E-state index contributed by atoms with van der Waals surface area (Å²) in [7, 11) is 5.58. The summed E-state index contributed by atoms with van der Waals surface area (Å²) in [4.78, 5) is 23.9. The molecule has 2 heterocycles. The Labute approximate surface area is 192 Å². The van der Waals surface area contributed by atoms with E-state index in [1.807, 2.05) is 61.6 Å². The highest BCUT2D eigenvalue weighted by atomic mass is 16.3. The topological polar surface area (TPSA) is 92.7 Å². The number of aromatic nitrogens is 2. The fourth-order valence-corrected chi connectivity index (χ4v) is 3.79. The number of nitrogens with one attached hydrogen (secondary N) is 1. The highest BCUT2D eigenvalue weighted by Crippen LogP contribution is 2.35. The highest BCUT2D eigenvalue weighted by molar-refractivity contribution is 5.97. The lowest BCUT2D eigenvalue weighted by molar-refractivity contribution is -0.139. The Morgan fingerprint density at radius 2 is 1.79 bits per heavy atom. The molecule has 2 aromatic carbocycles. The van der Waals surface area contributed by atoms with Crippen LogP contribution < -0.4 is 0 Å². The largest absolute Gasteiger partial charge is 0.507 e. The predicted molar refractivity (Wildman–Crippen MR) is 130 cm³/mol. The molecular weight excluding hydrogens is 416 g/mol. The maximum absolute atomic E-state index is 12.7. The molecule has 1 atom stereocenters. The van der Waals surface area contributed by atoms with Gasteiger partial charge in [0.2, 0.25) is 0 Å². The van der Waals surface area contributed by atoms with Gasteiger partial charge in [0.1, 0.15) is 11.4 Å². The molecule has 4 aromatic rings. The first-order valence-electron chi connectivity index (χ1n) is 10.8. The average molecular weight is 445 g/mol. The van der Waals surface area contributed by atoms with Gasteiger partial charge in [-0.15, -0.1) is 0 Å². The second-order valence-corrected chi connectivity index (χ2v) is 8.43. The zero-order valence-corrected chi connectivity index (χ0v) is 19.0. The molecule has 4 rings (SSSR count). The standard InChI is InChI=1S/C26H28N4O3/c1-29(2)11-12-30(3)26(33)24(32)18-8-6-7-17(13-18)19-14-21-22(16-28-25(21)27-15-19)20-9-4-5-10-23(20)31/h4-10,13-16,24,31-32H,11-12H2,1-3H3,(H,27,28). The molecule has 0 aliphatic carbocycles. The molecule has 0 aliphatic heterocycles. The SMILES string of the molecule is CN(C)CCN(C)C(=O)C(O)c1cccc(-c2cnc3[nH]cc(-c4ccccc4O)c3c2)c1. The van der Waals surface area contributed by atoms with E-state index in [0.29, 0.717) is 17.8 Å². The fraction of sp³-hybridized carbons (Fsp3) is 0.231. The summed E-state index contributed by atoms with van der Waals surface area (Å²) >= 11 is 0. The number of carbonyl (C=O) groups is 1. The number of benzene rings is 2. The number of hydrogen-bond donors (Lipinski definition) is 3. The smallest absolute Gasteiger partial charge is 0.255 e. The first-order valence-corrected chi connectivity index (χ1v) is 10.8. The molecule has 0 saturated heterocycles. The molecule has 0 aliphatic rings. The molecule has 0 radical (unpaired) electrons. The van der Waals surface area contributed by atoms with E-state index in [-0.39, 0.29) is 11.7 Å². The number of phenols is 1. The van der Waals surface area contributed by atoms with E-state index in [1.165, 1.54) is 0 Å². The second kappa shape index (κ2) is 9.44. The van der Waals surface area contributed by atoms with Crippen LogP contribution in [0, 0.1) is 0 Å². The average Bonchev–Trinajstić information content (AvgIpc) is 3.25. The molecule has 2 aromatic heterocycles. The van der Waals surface area contributed by atoms with Crippen molar-refractivity contribution in [2.75, 3.05) is 34.2 Å². The van der Waals surface area contributed by atoms with Gasteiger partial charge in [0.05, 0.1) is 0 Å². The minimum atomic E-state index is -1.24. The number of aliphatic hydroxyl groups excluding tert-OH is 1. The number of phenolic OH excluding ortho intramolecular Hbond substituents is 1. The van der Waals surface area contributed by atoms with Crippen molar-refractivity contribution >= 4 is 16.9 Å². The van der Waals surface area contributed by atoms with E-state index in [0.717, 1.165) is 34.2 Å². The van der Waals surface area contributed by atoms with E-state index < -0.39 is 6.10 Å². The van der Waals surface area contributed by atoms with Crippen LogP contribution in [0.1, 0.15) is 11.7 Å². The Morgan fingerprint density at radius 1 is 1.00 bits per heavy atom. The van der Waals surface area contributed by atoms with Crippen molar-refractivity contribution in [1.29, 1.82) is 0 Å². The van der Waals surface area contributed by atoms with Gasteiger partial charge in [0.15, 0.2) is 6.10 Å².